The summed E-state index contributed by atoms with van der Waals surface area (Å²) in [4.78, 5) is 20.0. The summed E-state index contributed by atoms with van der Waals surface area (Å²) in [5, 5.41) is 0. The largest absolute Gasteiger partial charge is 0.496 e. The number of hydrogen-bond donors (Lipinski definition) is 1. The molecule has 35 heavy (non-hydrogen) atoms. The van der Waals surface area contributed by atoms with Crippen molar-refractivity contribution >= 4 is 18.3 Å². The third kappa shape index (κ3) is 7.20. The number of nitrogens with zero attached hydrogens (tertiary/aromatic N) is 3. The van der Waals surface area contributed by atoms with Crippen molar-refractivity contribution in [1.82, 2.24) is 14.7 Å². The number of piperazine rings is 1. The lowest BCUT2D eigenvalue weighted by Crippen LogP contribution is -2.55. The minimum atomic E-state index is -0.376. The van der Waals surface area contributed by atoms with Gasteiger partial charge in [-0.2, -0.15) is 0 Å². The average molecular weight is 501 g/mol. The molecule has 2 N–H and O–H groups in total. The summed E-state index contributed by atoms with van der Waals surface area (Å²) < 4.78 is 5.48. The van der Waals surface area contributed by atoms with E-state index >= 15 is 0 Å². The Labute approximate surface area is 216 Å². The Morgan fingerprint density at radius 3 is 2.23 bits per heavy atom. The van der Waals surface area contributed by atoms with Crippen LogP contribution in [0.4, 0.5) is 0 Å². The molecule has 2 aliphatic rings. The quantitative estimate of drug-likeness (QED) is 0.602. The maximum Gasteiger partial charge on any atom is 0.239 e. The minimum absolute atomic E-state index is 0. The number of carbonyl (C=O) groups excluding carboxylic acids is 1. The first-order valence-electron chi connectivity index (χ1n) is 12.7. The Morgan fingerprint density at radius 2 is 1.57 bits per heavy atom. The molecular weight excluding hydrogens is 460 g/mol. The van der Waals surface area contributed by atoms with Crippen LogP contribution in [0.3, 0.4) is 0 Å². The van der Waals surface area contributed by atoms with Crippen molar-refractivity contribution in [3.63, 3.8) is 0 Å². The van der Waals surface area contributed by atoms with E-state index in [0.717, 1.165) is 77.4 Å². The Bertz CT molecular complexity index is 940. The van der Waals surface area contributed by atoms with Crippen LogP contribution in [0, 0.1) is 12.8 Å². The molecule has 1 atom stereocenters. The molecule has 2 heterocycles. The summed E-state index contributed by atoms with van der Waals surface area (Å²) >= 11 is 0. The number of nitrogens with two attached hydrogens (primary N) is 1. The van der Waals surface area contributed by atoms with Gasteiger partial charge in [-0.1, -0.05) is 42.5 Å². The van der Waals surface area contributed by atoms with E-state index in [2.05, 4.69) is 47.1 Å². The van der Waals surface area contributed by atoms with Crippen molar-refractivity contribution in [2.75, 3.05) is 52.9 Å². The van der Waals surface area contributed by atoms with Gasteiger partial charge in [0, 0.05) is 44.8 Å². The highest BCUT2D eigenvalue weighted by Gasteiger charge is 2.32. The van der Waals surface area contributed by atoms with Crippen LogP contribution in [0.25, 0.3) is 0 Å². The number of ether oxygens (including phenoxy) is 1. The fourth-order valence-corrected chi connectivity index (χ4v) is 5.32. The molecule has 0 aliphatic carbocycles. The summed E-state index contributed by atoms with van der Waals surface area (Å²) in [5.74, 6) is 1.34. The van der Waals surface area contributed by atoms with E-state index in [1.807, 2.05) is 23.1 Å². The number of likely N-dealkylation sites (tertiary alicyclic amines) is 1. The fraction of sp³-hybridized carbons (Fsp3) is 0.536. The topological polar surface area (TPSA) is 62.0 Å². The van der Waals surface area contributed by atoms with E-state index in [9.17, 15) is 4.79 Å². The number of aryl methyl sites for hydroxylation is 1. The first kappa shape index (κ1) is 27.5. The molecule has 0 bridgehead atoms. The monoisotopic (exact) mass is 500 g/mol. The van der Waals surface area contributed by atoms with Crippen molar-refractivity contribution in [2.45, 2.75) is 38.8 Å². The summed E-state index contributed by atoms with van der Waals surface area (Å²) in [6.07, 6.45) is 3.10. The molecule has 4 rings (SSSR count). The molecule has 192 valence electrons. The van der Waals surface area contributed by atoms with Crippen molar-refractivity contribution in [3.05, 3.63) is 65.2 Å². The summed E-state index contributed by atoms with van der Waals surface area (Å²) in [5.41, 5.74) is 10.5. The molecule has 2 aliphatic heterocycles. The van der Waals surface area contributed by atoms with E-state index in [1.165, 1.54) is 16.7 Å². The second-order valence-corrected chi connectivity index (χ2v) is 9.79. The van der Waals surface area contributed by atoms with E-state index in [4.69, 9.17) is 10.5 Å². The number of methoxy groups -OCH3 is 1. The van der Waals surface area contributed by atoms with Crippen LogP contribution in [0.1, 0.15) is 29.5 Å². The molecule has 2 fully saturated rings. The standard InChI is InChI=1S/C28H40N4O2.ClH/c1-22-7-3-4-8-23(22)11-14-30-15-12-24(13-16-30)27(29)28(33)32-19-17-31(18-20-32)21-25-9-5-6-10-26(25)34-2;/h3-10,24,27H,11-21,29H2,1-2H3;1H/t27-;/m1./s1. The summed E-state index contributed by atoms with van der Waals surface area (Å²) in [7, 11) is 1.71. The Balaban J connectivity index is 0.00000342. The highest BCUT2D eigenvalue weighted by atomic mass is 35.5. The molecular formula is C28H41ClN4O2. The Hall–Kier alpha value is -2.12. The van der Waals surface area contributed by atoms with Gasteiger partial charge in [-0.3, -0.25) is 9.69 Å². The lowest BCUT2D eigenvalue weighted by Gasteiger charge is -2.39. The van der Waals surface area contributed by atoms with E-state index in [1.54, 1.807) is 7.11 Å². The molecule has 0 radical (unpaired) electrons. The molecule has 2 aromatic carbocycles. The highest BCUT2D eigenvalue weighted by Crippen LogP contribution is 2.23. The number of benzene rings is 2. The van der Waals surface area contributed by atoms with E-state index in [0.29, 0.717) is 0 Å². The van der Waals surface area contributed by atoms with Crippen LogP contribution in [0.5, 0.6) is 5.75 Å². The number of piperidine rings is 1. The van der Waals surface area contributed by atoms with E-state index in [-0.39, 0.29) is 30.3 Å². The van der Waals surface area contributed by atoms with Gasteiger partial charge < -0.3 is 20.3 Å². The number of para-hydroxylation sites is 1. The zero-order valence-corrected chi connectivity index (χ0v) is 22.0. The number of amides is 1. The van der Waals surface area contributed by atoms with Crippen LogP contribution in [0.15, 0.2) is 48.5 Å². The lowest BCUT2D eigenvalue weighted by molar-refractivity contribution is -0.136. The SMILES string of the molecule is COc1ccccc1CN1CCN(C(=O)[C@H](N)C2CCN(CCc3ccccc3C)CC2)CC1.Cl. The van der Waals surface area contributed by atoms with Crippen LogP contribution >= 0.6 is 12.4 Å². The van der Waals surface area contributed by atoms with Crippen LogP contribution in [0.2, 0.25) is 0 Å². The molecule has 0 spiro atoms. The van der Waals surface area contributed by atoms with Crippen molar-refractivity contribution in [2.24, 2.45) is 11.7 Å². The molecule has 2 aromatic rings. The maximum absolute atomic E-state index is 13.1. The van der Waals surface area contributed by atoms with Gasteiger partial charge in [0.25, 0.3) is 0 Å². The van der Waals surface area contributed by atoms with Gasteiger partial charge >= 0.3 is 0 Å². The Kier molecular flexibility index (Phi) is 10.4. The number of hydrogen-bond acceptors (Lipinski definition) is 5. The maximum atomic E-state index is 13.1. The zero-order valence-electron chi connectivity index (χ0n) is 21.2. The highest BCUT2D eigenvalue weighted by molar-refractivity contribution is 5.85. The second kappa shape index (κ2) is 13.3. The summed E-state index contributed by atoms with van der Waals surface area (Å²) in [6.45, 7) is 9.41. The first-order valence-corrected chi connectivity index (χ1v) is 12.7. The molecule has 7 heteroatoms. The molecule has 2 saturated heterocycles. The average Bonchev–Trinajstić information content (AvgIpc) is 2.88. The molecule has 6 nitrogen and oxygen atoms in total. The molecule has 1 amide bonds. The van der Waals surface area contributed by atoms with Crippen molar-refractivity contribution in [1.29, 1.82) is 0 Å². The minimum Gasteiger partial charge on any atom is -0.496 e. The van der Waals surface area contributed by atoms with Gasteiger partial charge in [0.1, 0.15) is 5.75 Å². The third-order valence-corrected chi connectivity index (χ3v) is 7.65. The van der Waals surface area contributed by atoms with Gasteiger partial charge in [0.2, 0.25) is 5.91 Å². The fourth-order valence-electron chi connectivity index (χ4n) is 5.32. The normalized spacial score (nSPS) is 18.7. The molecule has 0 aromatic heterocycles. The van der Waals surface area contributed by atoms with Gasteiger partial charge in [0.15, 0.2) is 0 Å². The van der Waals surface area contributed by atoms with Gasteiger partial charge in [-0.05, 0) is 62.4 Å². The van der Waals surface area contributed by atoms with Crippen molar-refractivity contribution < 1.29 is 9.53 Å². The second-order valence-electron chi connectivity index (χ2n) is 9.79. The molecule has 0 unspecified atom stereocenters. The van der Waals surface area contributed by atoms with Gasteiger partial charge in [-0.15, -0.1) is 12.4 Å². The van der Waals surface area contributed by atoms with Crippen molar-refractivity contribution in [3.8, 4) is 5.75 Å². The summed E-state index contributed by atoms with van der Waals surface area (Å²) in [6, 6.07) is 16.4. The number of rotatable bonds is 8. The predicted molar refractivity (Wildman–Crippen MR) is 144 cm³/mol. The zero-order chi connectivity index (χ0) is 23.9. The first-order chi connectivity index (χ1) is 16.5. The predicted octanol–water partition coefficient (Wildman–Crippen LogP) is 3.35. The van der Waals surface area contributed by atoms with Crippen LogP contribution in [-0.4, -0.2) is 79.6 Å². The number of halogens is 1. The van der Waals surface area contributed by atoms with E-state index < -0.39 is 0 Å². The van der Waals surface area contributed by atoms with Crippen LogP contribution < -0.4 is 10.5 Å². The molecule has 0 saturated carbocycles. The number of carbonyl (C=O) groups is 1. The van der Waals surface area contributed by atoms with Gasteiger partial charge in [0.05, 0.1) is 13.2 Å². The lowest BCUT2D eigenvalue weighted by atomic mass is 9.88. The smallest absolute Gasteiger partial charge is 0.239 e. The van der Waals surface area contributed by atoms with Gasteiger partial charge in [-0.25, -0.2) is 0 Å². The van der Waals surface area contributed by atoms with Crippen LogP contribution in [-0.2, 0) is 17.8 Å². The third-order valence-electron chi connectivity index (χ3n) is 7.65. The Morgan fingerprint density at radius 1 is 0.943 bits per heavy atom.